The molecule has 2 aliphatic rings. The molecule has 0 amide bonds. The first-order chi connectivity index (χ1) is 24.2. The summed E-state index contributed by atoms with van der Waals surface area (Å²) in [4.78, 5) is 4.60. The molecule has 252 valence electrons. The molecule has 0 radical (unpaired) electrons. The van der Waals surface area contributed by atoms with Crippen molar-refractivity contribution in [2.24, 2.45) is 0 Å². The van der Waals surface area contributed by atoms with E-state index in [1.165, 1.54) is 80.6 Å². The van der Waals surface area contributed by atoms with Crippen LogP contribution >= 0.6 is 0 Å². The molecule has 9 rings (SSSR count). The Bertz CT molecular complexity index is 2540. The normalized spacial score (nSPS) is 13.9. The molecule has 4 heteroatoms. The van der Waals surface area contributed by atoms with Gasteiger partial charge in [-0.2, -0.15) is 0 Å². The fourth-order valence-electron chi connectivity index (χ4n) is 8.18. The van der Waals surface area contributed by atoms with Gasteiger partial charge in [0.25, 0.3) is 0 Å². The van der Waals surface area contributed by atoms with Gasteiger partial charge < -0.3 is 0 Å². The Balaban J connectivity index is 1.37. The van der Waals surface area contributed by atoms with Gasteiger partial charge in [0.1, 0.15) is 0 Å². The van der Waals surface area contributed by atoms with Crippen LogP contribution in [0.25, 0.3) is 49.9 Å². The monoisotopic (exact) mass is 728 g/mol. The van der Waals surface area contributed by atoms with Crippen LogP contribution in [0.15, 0.2) is 109 Å². The van der Waals surface area contributed by atoms with Gasteiger partial charge in [0, 0.05) is 0 Å². The molecule has 0 N–H and O–H groups in total. The third-order valence-electron chi connectivity index (χ3n) is 11.2. The summed E-state index contributed by atoms with van der Waals surface area (Å²) in [5.41, 5.74) is 17.5. The van der Waals surface area contributed by atoms with Crippen molar-refractivity contribution in [3.63, 3.8) is 0 Å². The molecule has 5 aromatic carbocycles. The zero-order valence-corrected chi connectivity index (χ0v) is 33.0. The third kappa shape index (κ3) is 5.17. The molecule has 2 nitrogen and oxygen atoms in total. The van der Waals surface area contributed by atoms with Crippen molar-refractivity contribution >= 4 is 68.8 Å². The van der Waals surface area contributed by atoms with Gasteiger partial charge in [0.2, 0.25) is 0 Å². The Kier molecular flexibility index (Phi) is 7.06. The summed E-state index contributed by atoms with van der Waals surface area (Å²) in [6.07, 6.45) is 1.87. The van der Waals surface area contributed by atoms with Crippen molar-refractivity contribution in [1.29, 1.82) is 0 Å². The van der Waals surface area contributed by atoms with Crippen LogP contribution in [0, 0.1) is 0 Å². The van der Waals surface area contributed by atoms with Crippen LogP contribution in [0.1, 0.15) is 79.0 Å². The van der Waals surface area contributed by atoms with Crippen molar-refractivity contribution in [2.45, 2.75) is 78.6 Å². The molecule has 0 saturated carbocycles. The van der Waals surface area contributed by atoms with E-state index in [2.05, 4.69) is 169 Å². The second-order valence-corrected chi connectivity index (χ2v) is 20.0. The Morgan fingerprint density at radius 2 is 1.20 bits per heavy atom. The van der Waals surface area contributed by atoms with Crippen LogP contribution in [0.4, 0.5) is 0 Å². The number of hydrogen-bond acceptors (Lipinski definition) is 1. The van der Waals surface area contributed by atoms with Gasteiger partial charge in [-0.1, -0.05) is 0 Å². The van der Waals surface area contributed by atoms with Crippen LogP contribution < -0.4 is 25.3 Å². The molecular formula is C47H45BN2Se. The van der Waals surface area contributed by atoms with Crippen LogP contribution in [-0.4, -0.2) is 31.2 Å². The summed E-state index contributed by atoms with van der Waals surface area (Å²) in [6.45, 7) is 21.3. The Morgan fingerprint density at radius 3 is 1.88 bits per heavy atom. The van der Waals surface area contributed by atoms with Crippen molar-refractivity contribution in [2.75, 3.05) is 0 Å². The number of hydrogen-bond donors (Lipinski definition) is 0. The fraction of sp³-hybridized carbons (Fsp3) is 0.255. The Morgan fingerprint density at radius 1 is 0.549 bits per heavy atom. The number of aromatic nitrogens is 2. The van der Waals surface area contributed by atoms with Crippen molar-refractivity contribution < 1.29 is 0 Å². The van der Waals surface area contributed by atoms with Crippen LogP contribution in [0.2, 0.25) is 0 Å². The van der Waals surface area contributed by atoms with E-state index in [4.69, 9.17) is 0 Å². The fourth-order valence-corrected chi connectivity index (χ4v) is 10.7. The number of nitrogens with zero attached hydrogens (tertiary/aromatic N) is 2. The van der Waals surface area contributed by atoms with Gasteiger partial charge in [-0.25, -0.2) is 0 Å². The third-order valence-corrected chi connectivity index (χ3v) is 13.6. The summed E-state index contributed by atoms with van der Waals surface area (Å²) in [6, 6.07) is 39.9. The molecule has 2 aliphatic heterocycles. The van der Waals surface area contributed by atoms with Crippen LogP contribution in [0.5, 0.6) is 0 Å². The molecule has 4 heterocycles. The Labute approximate surface area is 309 Å². The summed E-state index contributed by atoms with van der Waals surface area (Å²) in [5.74, 6) is 0. The number of benzene rings is 5. The molecular weight excluding hydrogens is 682 g/mol. The molecule has 0 saturated heterocycles. The van der Waals surface area contributed by atoms with E-state index in [1.54, 1.807) is 0 Å². The standard InChI is InChI=1S/C47H45BN2Se/c1-45(2,3)31-17-19-39-34(24-31)35-25-33(47(7,8)9)27-37-44(35)50(39)40-22-30(28-13-15-29(16-14-28)38-12-10-11-21-49-38)23-42-43(40)48(37)36-26-32(46(4,5)6)18-20-41(36)51-42/h10-27H,1-9H3. The number of fused-ring (bicyclic) bond motifs is 7. The first kappa shape index (κ1) is 32.5. The van der Waals surface area contributed by atoms with Crippen molar-refractivity contribution in [3.05, 3.63) is 126 Å². The number of pyridine rings is 1. The minimum atomic E-state index is 0.0177. The maximum absolute atomic E-state index is 4.60. The average molecular weight is 728 g/mol. The number of rotatable bonds is 2. The van der Waals surface area contributed by atoms with Crippen molar-refractivity contribution in [1.82, 2.24) is 9.55 Å². The van der Waals surface area contributed by atoms with Gasteiger partial charge in [-0.05, 0) is 0 Å². The zero-order valence-electron chi connectivity index (χ0n) is 31.3. The topological polar surface area (TPSA) is 17.8 Å². The van der Waals surface area contributed by atoms with Gasteiger partial charge in [-0.15, -0.1) is 0 Å². The molecule has 0 aliphatic carbocycles. The molecule has 7 aromatic rings. The summed E-state index contributed by atoms with van der Waals surface area (Å²) >= 11 is 0.177. The molecule has 0 atom stereocenters. The van der Waals surface area contributed by atoms with E-state index < -0.39 is 0 Å². The molecule has 0 spiro atoms. The van der Waals surface area contributed by atoms with Gasteiger partial charge in [-0.3, -0.25) is 0 Å². The Hall–Kier alpha value is -4.37. The van der Waals surface area contributed by atoms with Crippen molar-refractivity contribution in [3.8, 4) is 28.1 Å². The van der Waals surface area contributed by atoms with E-state index in [-0.39, 0.29) is 37.9 Å². The minimum absolute atomic E-state index is 0.0177. The van der Waals surface area contributed by atoms with E-state index in [0.29, 0.717) is 0 Å². The summed E-state index contributed by atoms with van der Waals surface area (Å²) in [7, 11) is 0. The van der Waals surface area contributed by atoms with E-state index in [0.717, 1.165) is 11.3 Å². The average Bonchev–Trinajstić information content (AvgIpc) is 3.43. The predicted molar refractivity (Wildman–Crippen MR) is 222 cm³/mol. The van der Waals surface area contributed by atoms with Gasteiger partial charge in [0.15, 0.2) is 0 Å². The van der Waals surface area contributed by atoms with Gasteiger partial charge >= 0.3 is 311 Å². The zero-order chi connectivity index (χ0) is 35.6. The van der Waals surface area contributed by atoms with Crippen LogP contribution in [-0.2, 0) is 16.2 Å². The second kappa shape index (κ2) is 11.1. The molecule has 0 bridgehead atoms. The quantitative estimate of drug-likeness (QED) is 0.164. The maximum atomic E-state index is 4.60. The molecule has 0 unspecified atom stereocenters. The van der Waals surface area contributed by atoms with E-state index >= 15 is 0 Å². The SMILES string of the molecule is CC(C)(C)c1ccc2c(c1)B1c3c(cc(-c4ccc(-c5ccccn5)cc4)cc3-n3c4ccc(C(C)(C)C)cc4c4cc(C(C)(C)C)cc1c43)[Se]2. The second-order valence-electron chi connectivity index (χ2n) is 17.8. The first-order valence-corrected chi connectivity index (χ1v) is 20.0. The molecule has 0 fully saturated rings. The van der Waals surface area contributed by atoms with Crippen LogP contribution in [0.3, 0.4) is 0 Å². The first-order valence-electron chi connectivity index (χ1n) is 18.3. The summed E-state index contributed by atoms with van der Waals surface area (Å²) < 4.78 is 5.64. The van der Waals surface area contributed by atoms with Gasteiger partial charge in [0.05, 0.1) is 0 Å². The van der Waals surface area contributed by atoms with E-state index in [9.17, 15) is 0 Å². The molecule has 2 aromatic heterocycles. The molecule has 51 heavy (non-hydrogen) atoms. The predicted octanol–water partition coefficient (Wildman–Crippen LogP) is 8.20. The van der Waals surface area contributed by atoms with E-state index in [1.807, 2.05) is 12.3 Å². The summed E-state index contributed by atoms with van der Waals surface area (Å²) in [5, 5.41) is 2.73.